The van der Waals surface area contributed by atoms with E-state index in [4.69, 9.17) is 0 Å². The van der Waals surface area contributed by atoms with Crippen molar-refractivity contribution in [1.82, 2.24) is 0 Å². The molecular formula is C31H28F6N2S2. The Labute approximate surface area is 243 Å². The highest BCUT2D eigenvalue weighted by Gasteiger charge is 2.80. The molecule has 0 spiro atoms. The molecule has 2 aromatic carbocycles. The number of aryl methyl sites for hydroxylation is 2. The highest BCUT2D eigenvalue weighted by molar-refractivity contribution is 7.16. The van der Waals surface area contributed by atoms with Crippen LogP contribution in [0.25, 0.3) is 32.0 Å². The van der Waals surface area contributed by atoms with Crippen LogP contribution in [0.3, 0.4) is 0 Å². The molecule has 0 aliphatic heterocycles. The van der Waals surface area contributed by atoms with Gasteiger partial charge in [-0.1, -0.05) is 30.3 Å². The fourth-order valence-electron chi connectivity index (χ4n) is 5.16. The van der Waals surface area contributed by atoms with E-state index in [2.05, 4.69) is 0 Å². The van der Waals surface area contributed by atoms with Gasteiger partial charge in [0.15, 0.2) is 0 Å². The number of anilines is 2. The quantitative estimate of drug-likeness (QED) is 0.202. The van der Waals surface area contributed by atoms with Crippen molar-refractivity contribution < 1.29 is 26.3 Å². The van der Waals surface area contributed by atoms with Crippen molar-refractivity contribution >= 4 is 45.2 Å². The Morgan fingerprint density at radius 1 is 0.585 bits per heavy atom. The number of alkyl halides is 6. The molecule has 0 unspecified atom stereocenters. The highest BCUT2D eigenvalue weighted by atomic mass is 32.1. The van der Waals surface area contributed by atoms with Gasteiger partial charge in [-0.2, -0.15) is 26.3 Å². The van der Waals surface area contributed by atoms with Crippen molar-refractivity contribution in [2.75, 3.05) is 38.0 Å². The topological polar surface area (TPSA) is 6.48 Å². The van der Waals surface area contributed by atoms with Crippen molar-refractivity contribution in [1.29, 1.82) is 0 Å². The molecule has 41 heavy (non-hydrogen) atoms. The SMILES string of the molecule is Cc1sc(-c2ccccc2)cc1C1=C(c2cc(-c3cc(N(C)C)ccc3N(C)C)sc2C)C(F)(F)C(F)(F)C1(F)F. The predicted octanol–water partition coefficient (Wildman–Crippen LogP) is 9.72. The van der Waals surface area contributed by atoms with E-state index >= 15 is 26.3 Å². The smallest absolute Gasteiger partial charge is 0.378 e. The monoisotopic (exact) mass is 606 g/mol. The second-order valence-corrected chi connectivity index (χ2v) is 13.0. The molecule has 216 valence electrons. The highest BCUT2D eigenvalue weighted by Crippen LogP contribution is 2.66. The molecule has 0 bridgehead atoms. The summed E-state index contributed by atoms with van der Waals surface area (Å²) in [6, 6.07) is 17.1. The first-order valence-corrected chi connectivity index (χ1v) is 14.4. The van der Waals surface area contributed by atoms with Gasteiger partial charge in [-0.25, -0.2) is 0 Å². The van der Waals surface area contributed by atoms with Gasteiger partial charge in [-0.05, 0) is 60.9 Å². The van der Waals surface area contributed by atoms with E-state index in [0.717, 1.165) is 34.0 Å². The second kappa shape index (κ2) is 9.94. The van der Waals surface area contributed by atoms with Crippen molar-refractivity contribution in [2.24, 2.45) is 0 Å². The number of hydrogen-bond acceptors (Lipinski definition) is 4. The van der Waals surface area contributed by atoms with E-state index in [0.29, 0.717) is 20.9 Å². The predicted molar refractivity (Wildman–Crippen MR) is 159 cm³/mol. The Morgan fingerprint density at radius 2 is 1.10 bits per heavy atom. The van der Waals surface area contributed by atoms with E-state index in [1.807, 2.05) is 56.2 Å². The van der Waals surface area contributed by atoms with E-state index in [9.17, 15) is 0 Å². The Bertz CT molecular complexity index is 1650. The van der Waals surface area contributed by atoms with Crippen molar-refractivity contribution in [3.8, 4) is 20.9 Å². The minimum absolute atomic E-state index is 0.247. The van der Waals surface area contributed by atoms with Crippen molar-refractivity contribution in [3.05, 3.63) is 81.5 Å². The fraction of sp³-hybridized carbons (Fsp3) is 0.290. The molecule has 2 nitrogen and oxygen atoms in total. The maximum Gasteiger partial charge on any atom is 0.380 e. The summed E-state index contributed by atoms with van der Waals surface area (Å²) in [4.78, 5) is 5.26. The molecular weight excluding hydrogens is 578 g/mol. The minimum atomic E-state index is -5.61. The number of nitrogens with zero attached hydrogens (tertiary/aromatic N) is 2. The van der Waals surface area contributed by atoms with E-state index < -0.39 is 28.9 Å². The zero-order chi connectivity index (χ0) is 30.1. The van der Waals surface area contributed by atoms with Crippen LogP contribution in [0.4, 0.5) is 37.7 Å². The molecule has 0 saturated carbocycles. The van der Waals surface area contributed by atoms with Gasteiger partial charge in [-0.3, -0.25) is 0 Å². The molecule has 2 aromatic heterocycles. The number of thiophene rings is 2. The normalized spacial score (nSPS) is 17.3. The van der Waals surface area contributed by atoms with Crippen LogP contribution in [-0.4, -0.2) is 46.0 Å². The maximum absolute atomic E-state index is 15.6. The van der Waals surface area contributed by atoms with E-state index in [1.165, 1.54) is 26.0 Å². The van der Waals surface area contributed by atoms with Gasteiger partial charge in [0.2, 0.25) is 0 Å². The zero-order valence-electron chi connectivity index (χ0n) is 23.3. The number of hydrogen-bond donors (Lipinski definition) is 0. The third-order valence-corrected chi connectivity index (χ3v) is 9.53. The Morgan fingerprint density at radius 3 is 1.61 bits per heavy atom. The Kier molecular flexibility index (Phi) is 7.10. The number of allylic oxidation sites excluding steroid dienone is 2. The molecule has 5 rings (SSSR count). The molecule has 0 amide bonds. The average Bonchev–Trinajstić information content (AvgIpc) is 3.51. The molecule has 0 N–H and O–H groups in total. The molecule has 0 atom stereocenters. The van der Waals surface area contributed by atoms with Crippen LogP contribution in [-0.2, 0) is 0 Å². The average molecular weight is 607 g/mol. The molecule has 4 aromatic rings. The zero-order valence-corrected chi connectivity index (χ0v) is 24.9. The number of rotatable bonds is 6. The first-order chi connectivity index (χ1) is 19.1. The third-order valence-electron chi connectivity index (χ3n) is 7.34. The van der Waals surface area contributed by atoms with Crippen LogP contribution in [0.1, 0.15) is 20.9 Å². The van der Waals surface area contributed by atoms with Crippen LogP contribution in [0, 0.1) is 13.8 Å². The summed E-state index contributed by atoms with van der Waals surface area (Å²) in [5.74, 6) is -15.8. The van der Waals surface area contributed by atoms with Gasteiger partial charge < -0.3 is 9.80 Å². The number of benzene rings is 2. The second-order valence-electron chi connectivity index (χ2n) is 10.5. The summed E-state index contributed by atoms with van der Waals surface area (Å²) in [6.45, 7) is 2.99. The van der Waals surface area contributed by atoms with Gasteiger partial charge >= 0.3 is 17.8 Å². The largest absolute Gasteiger partial charge is 0.380 e. The van der Waals surface area contributed by atoms with Crippen molar-refractivity contribution in [2.45, 2.75) is 31.6 Å². The standard InChI is InChI=1S/C31H28F6N2S2/c1-17-21(15-25(40-17)19-10-8-7-9-11-19)27-28(30(34,35)31(36,37)29(27,32)33)22-16-26(41-18(22)2)23-14-20(38(3)4)12-13-24(23)39(5)6/h7-16H,1-6H3. The van der Waals surface area contributed by atoms with Crippen LogP contribution >= 0.6 is 22.7 Å². The van der Waals surface area contributed by atoms with Crippen LogP contribution in [0.2, 0.25) is 0 Å². The molecule has 1 aliphatic rings. The van der Waals surface area contributed by atoms with Gasteiger partial charge in [0.1, 0.15) is 0 Å². The maximum atomic E-state index is 15.6. The first kappa shape index (κ1) is 29.3. The molecule has 0 fully saturated rings. The Balaban J connectivity index is 1.78. The molecule has 2 heterocycles. The van der Waals surface area contributed by atoms with E-state index in [-0.39, 0.29) is 20.9 Å². The van der Waals surface area contributed by atoms with Crippen LogP contribution in [0.5, 0.6) is 0 Å². The van der Waals surface area contributed by atoms with Crippen LogP contribution in [0.15, 0.2) is 60.7 Å². The van der Waals surface area contributed by atoms with E-state index in [1.54, 1.807) is 30.3 Å². The lowest BCUT2D eigenvalue weighted by Gasteiger charge is -2.25. The molecule has 10 heteroatoms. The lowest BCUT2D eigenvalue weighted by atomic mass is 9.94. The summed E-state index contributed by atoms with van der Waals surface area (Å²) in [6.07, 6.45) is 0. The summed E-state index contributed by atoms with van der Waals surface area (Å²) in [7, 11) is 7.36. The summed E-state index contributed by atoms with van der Waals surface area (Å²) < 4.78 is 92.6. The molecule has 0 saturated heterocycles. The van der Waals surface area contributed by atoms with Gasteiger partial charge in [0.05, 0.1) is 0 Å². The van der Waals surface area contributed by atoms with Gasteiger partial charge in [-0.15, -0.1) is 22.7 Å². The minimum Gasteiger partial charge on any atom is -0.378 e. The molecule has 1 aliphatic carbocycles. The summed E-state index contributed by atoms with van der Waals surface area (Å²) in [5, 5.41) is 0. The summed E-state index contributed by atoms with van der Waals surface area (Å²) in [5.41, 5.74) is -0.248. The Hall–Kier alpha value is -3.24. The van der Waals surface area contributed by atoms with Crippen LogP contribution < -0.4 is 9.80 Å². The molecule has 0 radical (unpaired) electrons. The van der Waals surface area contributed by atoms with Gasteiger partial charge in [0.25, 0.3) is 0 Å². The summed E-state index contributed by atoms with van der Waals surface area (Å²) >= 11 is 2.21. The fourth-order valence-corrected chi connectivity index (χ4v) is 7.24. The van der Waals surface area contributed by atoms with Crippen molar-refractivity contribution in [3.63, 3.8) is 0 Å². The van der Waals surface area contributed by atoms with Gasteiger partial charge in [0, 0.05) is 75.8 Å². The number of halogens is 6. The lowest BCUT2D eigenvalue weighted by Crippen LogP contribution is -2.48. The first-order valence-electron chi connectivity index (χ1n) is 12.7. The lowest BCUT2D eigenvalue weighted by molar-refractivity contribution is -0.254. The third kappa shape index (κ3) is 4.46.